The summed E-state index contributed by atoms with van der Waals surface area (Å²) in [5.74, 6) is 0.872. The molecule has 0 saturated carbocycles. The predicted molar refractivity (Wildman–Crippen MR) is 95.7 cm³/mol. The summed E-state index contributed by atoms with van der Waals surface area (Å²) in [6.45, 7) is 7.32. The summed E-state index contributed by atoms with van der Waals surface area (Å²) < 4.78 is 5.21. The van der Waals surface area contributed by atoms with Gasteiger partial charge < -0.3 is 15.4 Å². The maximum Gasteiger partial charge on any atom is 0.191 e. The average molecular weight is 391 g/mol. The number of benzene rings is 1. The minimum absolute atomic E-state index is 0. The first-order valence-corrected chi connectivity index (χ1v) is 6.89. The third-order valence-electron chi connectivity index (χ3n) is 2.71. The number of nitrogens with one attached hydrogen (secondary N) is 2. The van der Waals surface area contributed by atoms with E-state index < -0.39 is 0 Å². The molecule has 0 aromatic heterocycles. The Balaban J connectivity index is 0.00000361. The summed E-state index contributed by atoms with van der Waals surface area (Å²) in [6, 6.07) is 8.25. The molecule has 20 heavy (non-hydrogen) atoms. The van der Waals surface area contributed by atoms with Crippen molar-refractivity contribution in [3.63, 3.8) is 0 Å². The zero-order valence-corrected chi connectivity index (χ0v) is 14.9. The average Bonchev–Trinajstić information content (AvgIpc) is 2.43. The third-order valence-corrected chi connectivity index (χ3v) is 2.71. The minimum atomic E-state index is 0. The lowest BCUT2D eigenvalue weighted by Crippen LogP contribution is -2.37. The smallest absolute Gasteiger partial charge is 0.191 e. The number of rotatable bonds is 7. The number of nitrogens with zero attached hydrogens (tertiary/aromatic N) is 1. The van der Waals surface area contributed by atoms with E-state index in [-0.39, 0.29) is 24.0 Å². The molecule has 114 valence electrons. The minimum Gasteiger partial charge on any atom is -0.380 e. The molecule has 0 radical (unpaired) electrons. The van der Waals surface area contributed by atoms with Crippen LogP contribution in [0.25, 0.3) is 0 Å². The van der Waals surface area contributed by atoms with Crippen LogP contribution in [0.5, 0.6) is 0 Å². The third kappa shape index (κ3) is 7.09. The predicted octanol–water partition coefficient (Wildman–Crippen LogP) is 2.92. The van der Waals surface area contributed by atoms with Crippen molar-refractivity contribution in [2.45, 2.75) is 33.4 Å². The van der Waals surface area contributed by atoms with Crippen LogP contribution in [0.4, 0.5) is 0 Å². The lowest BCUT2D eigenvalue weighted by molar-refractivity contribution is 0.184. The normalized spacial score (nSPS) is 10.8. The molecule has 0 aliphatic rings. The van der Waals surface area contributed by atoms with Crippen molar-refractivity contribution >= 4 is 29.9 Å². The van der Waals surface area contributed by atoms with Gasteiger partial charge in [-0.3, -0.25) is 0 Å². The molecule has 1 aromatic rings. The largest absolute Gasteiger partial charge is 0.380 e. The molecule has 1 aromatic carbocycles. The molecule has 0 unspecified atom stereocenters. The highest BCUT2D eigenvalue weighted by atomic mass is 127. The second-order valence-corrected chi connectivity index (χ2v) is 4.32. The molecule has 0 saturated heterocycles. The van der Waals surface area contributed by atoms with Gasteiger partial charge in [-0.15, -0.1) is 24.0 Å². The maximum absolute atomic E-state index is 5.21. The van der Waals surface area contributed by atoms with Gasteiger partial charge in [0.2, 0.25) is 0 Å². The fourth-order valence-corrected chi connectivity index (χ4v) is 1.76. The molecule has 2 N–H and O–H groups in total. The van der Waals surface area contributed by atoms with E-state index >= 15 is 0 Å². The van der Waals surface area contributed by atoms with E-state index in [1.165, 1.54) is 11.1 Å². The molecule has 0 atom stereocenters. The number of aliphatic imine (C=N–C) groups is 1. The molecule has 1 rings (SSSR count). The highest BCUT2D eigenvalue weighted by molar-refractivity contribution is 14.0. The van der Waals surface area contributed by atoms with Gasteiger partial charge in [-0.1, -0.05) is 31.2 Å². The van der Waals surface area contributed by atoms with Crippen LogP contribution in [0.3, 0.4) is 0 Å². The van der Waals surface area contributed by atoms with E-state index in [0.717, 1.165) is 25.5 Å². The van der Waals surface area contributed by atoms with Crippen molar-refractivity contribution in [2.24, 2.45) is 4.99 Å². The fourth-order valence-electron chi connectivity index (χ4n) is 1.76. The van der Waals surface area contributed by atoms with Gasteiger partial charge in [0.25, 0.3) is 0 Å². The summed E-state index contributed by atoms with van der Waals surface area (Å²) >= 11 is 0. The Bertz CT molecular complexity index is 396. The summed E-state index contributed by atoms with van der Waals surface area (Å²) in [5, 5.41) is 6.55. The van der Waals surface area contributed by atoms with Crippen molar-refractivity contribution < 1.29 is 4.74 Å². The van der Waals surface area contributed by atoms with E-state index in [1.807, 2.05) is 12.1 Å². The molecular weight excluding hydrogens is 365 g/mol. The van der Waals surface area contributed by atoms with Gasteiger partial charge in [0.1, 0.15) is 0 Å². The first-order valence-electron chi connectivity index (χ1n) is 6.89. The number of hydrogen-bond donors (Lipinski definition) is 2. The quantitative estimate of drug-likeness (QED) is 0.427. The number of hydrogen-bond acceptors (Lipinski definition) is 2. The highest BCUT2D eigenvalue weighted by Crippen LogP contribution is 2.10. The molecule has 5 heteroatoms. The van der Waals surface area contributed by atoms with Crippen LogP contribution < -0.4 is 10.6 Å². The molecule has 0 aliphatic heterocycles. The molecule has 0 spiro atoms. The van der Waals surface area contributed by atoms with Gasteiger partial charge in [-0.2, -0.15) is 0 Å². The molecular formula is C15H26IN3O. The fraction of sp³-hybridized carbons (Fsp3) is 0.533. The van der Waals surface area contributed by atoms with Crippen LogP contribution in [-0.2, 0) is 17.9 Å². The van der Waals surface area contributed by atoms with E-state index in [1.54, 1.807) is 7.11 Å². The first kappa shape index (κ1) is 19.2. The van der Waals surface area contributed by atoms with Gasteiger partial charge in [0, 0.05) is 20.2 Å². The molecule has 4 nitrogen and oxygen atoms in total. The lowest BCUT2D eigenvalue weighted by atomic mass is 10.1. The lowest BCUT2D eigenvalue weighted by Gasteiger charge is -2.11. The Morgan fingerprint density at radius 1 is 1.15 bits per heavy atom. The Labute approximate surface area is 139 Å². The number of halogens is 1. The van der Waals surface area contributed by atoms with Gasteiger partial charge in [-0.05, 0) is 24.5 Å². The number of guanidine groups is 1. The summed E-state index contributed by atoms with van der Waals surface area (Å²) in [4.78, 5) is 4.60. The van der Waals surface area contributed by atoms with Crippen LogP contribution in [-0.4, -0.2) is 26.2 Å². The summed E-state index contributed by atoms with van der Waals surface area (Å²) in [6.07, 6.45) is 1.09. The Morgan fingerprint density at radius 2 is 1.85 bits per heavy atom. The van der Waals surface area contributed by atoms with Crippen LogP contribution in [0.2, 0.25) is 0 Å². The Morgan fingerprint density at radius 3 is 2.45 bits per heavy atom. The van der Waals surface area contributed by atoms with Crippen LogP contribution >= 0.6 is 24.0 Å². The van der Waals surface area contributed by atoms with Crippen molar-refractivity contribution in [2.75, 3.05) is 20.2 Å². The van der Waals surface area contributed by atoms with Crippen LogP contribution in [0.15, 0.2) is 29.3 Å². The van der Waals surface area contributed by atoms with Crippen LogP contribution in [0.1, 0.15) is 31.4 Å². The Kier molecular flexibility index (Phi) is 11.5. The van der Waals surface area contributed by atoms with Crippen molar-refractivity contribution in [3.8, 4) is 0 Å². The van der Waals surface area contributed by atoms with Gasteiger partial charge in [0.05, 0.1) is 13.2 Å². The SMILES string of the molecule is CCCNC(=NCc1ccccc1COC)NCC.I. The molecule has 0 heterocycles. The van der Waals surface area contributed by atoms with Crippen LogP contribution in [0, 0.1) is 0 Å². The molecule has 0 fully saturated rings. The second-order valence-electron chi connectivity index (χ2n) is 4.32. The molecule has 0 amide bonds. The standard InChI is InChI=1S/C15H25N3O.HI/c1-4-10-17-15(16-5-2)18-11-13-8-6-7-9-14(13)12-19-3;/h6-9H,4-5,10-12H2,1-3H3,(H2,16,17,18);1H. The monoisotopic (exact) mass is 391 g/mol. The van der Waals surface area contributed by atoms with Gasteiger partial charge in [-0.25, -0.2) is 4.99 Å². The van der Waals surface area contributed by atoms with E-state index in [0.29, 0.717) is 13.2 Å². The summed E-state index contributed by atoms with van der Waals surface area (Å²) in [5.41, 5.74) is 2.40. The molecule has 0 aliphatic carbocycles. The highest BCUT2D eigenvalue weighted by Gasteiger charge is 2.01. The molecule has 0 bridgehead atoms. The first-order chi connectivity index (χ1) is 9.31. The van der Waals surface area contributed by atoms with E-state index in [4.69, 9.17) is 4.74 Å². The van der Waals surface area contributed by atoms with Crippen molar-refractivity contribution in [1.29, 1.82) is 0 Å². The Hall–Kier alpha value is -0.820. The zero-order valence-electron chi connectivity index (χ0n) is 12.6. The van der Waals surface area contributed by atoms with Crippen molar-refractivity contribution in [3.05, 3.63) is 35.4 Å². The maximum atomic E-state index is 5.21. The summed E-state index contributed by atoms with van der Waals surface area (Å²) in [7, 11) is 1.72. The van der Waals surface area contributed by atoms with Crippen molar-refractivity contribution in [1.82, 2.24) is 10.6 Å². The van der Waals surface area contributed by atoms with E-state index in [2.05, 4.69) is 41.6 Å². The zero-order chi connectivity index (χ0) is 13.9. The number of methoxy groups -OCH3 is 1. The topological polar surface area (TPSA) is 45.7 Å². The van der Waals surface area contributed by atoms with E-state index in [9.17, 15) is 0 Å². The number of ether oxygens (including phenoxy) is 1. The van der Waals surface area contributed by atoms with Gasteiger partial charge in [0.15, 0.2) is 5.96 Å². The second kappa shape index (κ2) is 12.0. The van der Waals surface area contributed by atoms with Gasteiger partial charge >= 0.3 is 0 Å².